The second-order valence-electron chi connectivity index (χ2n) is 3.89. The first-order valence-electron chi connectivity index (χ1n) is 5.43. The lowest BCUT2D eigenvalue weighted by Crippen LogP contribution is -2.21. The number of hydrogen-bond donors (Lipinski definition) is 1. The fourth-order valence-electron chi connectivity index (χ4n) is 1.79. The van der Waals surface area contributed by atoms with Gasteiger partial charge >= 0.3 is 5.97 Å². The molecule has 0 bridgehead atoms. The predicted octanol–water partition coefficient (Wildman–Crippen LogP) is 1.81. The molecule has 1 aromatic rings. The van der Waals surface area contributed by atoms with Crippen molar-refractivity contribution in [3.05, 3.63) is 29.6 Å². The largest absolute Gasteiger partial charge is 0.465 e. The minimum atomic E-state index is -0.550. The Labute approximate surface area is 98.7 Å². The Balaban J connectivity index is 2.22. The molecule has 1 unspecified atom stereocenters. The van der Waals surface area contributed by atoms with Crippen LogP contribution in [-0.2, 0) is 9.47 Å². The van der Waals surface area contributed by atoms with E-state index in [2.05, 4.69) is 10.1 Å². The van der Waals surface area contributed by atoms with Crippen LogP contribution in [0.3, 0.4) is 0 Å². The van der Waals surface area contributed by atoms with Crippen LogP contribution < -0.4 is 5.32 Å². The molecule has 4 nitrogen and oxygen atoms in total. The minimum Gasteiger partial charge on any atom is -0.465 e. The third-order valence-corrected chi connectivity index (χ3v) is 2.68. The molecular weight excluding hydrogens is 225 g/mol. The van der Waals surface area contributed by atoms with E-state index in [1.165, 1.54) is 19.2 Å². The van der Waals surface area contributed by atoms with Crippen LogP contribution in [0.5, 0.6) is 0 Å². The summed E-state index contributed by atoms with van der Waals surface area (Å²) >= 11 is 0. The van der Waals surface area contributed by atoms with Crippen molar-refractivity contribution in [2.75, 3.05) is 25.6 Å². The molecule has 5 heteroatoms. The van der Waals surface area contributed by atoms with E-state index in [4.69, 9.17) is 4.74 Å². The molecule has 1 aliphatic heterocycles. The Kier molecular flexibility index (Phi) is 3.58. The topological polar surface area (TPSA) is 47.6 Å². The minimum absolute atomic E-state index is 0.156. The summed E-state index contributed by atoms with van der Waals surface area (Å²) in [4.78, 5) is 11.5. The molecule has 1 aromatic carbocycles. The van der Waals surface area contributed by atoms with E-state index in [0.717, 1.165) is 6.42 Å². The maximum absolute atomic E-state index is 13.1. The summed E-state index contributed by atoms with van der Waals surface area (Å²) in [5, 5.41) is 3.16. The number of benzene rings is 1. The van der Waals surface area contributed by atoms with E-state index in [9.17, 15) is 9.18 Å². The van der Waals surface area contributed by atoms with Crippen LogP contribution in [0.4, 0.5) is 10.1 Å². The first-order chi connectivity index (χ1) is 8.20. The number of carbonyl (C=O) groups excluding carboxylic acids is 1. The number of hydrogen-bond acceptors (Lipinski definition) is 4. The van der Waals surface area contributed by atoms with E-state index in [1.807, 2.05) is 0 Å². The lowest BCUT2D eigenvalue weighted by molar-refractivity contribution is 0.0601. The number of ether oxygens (including phenoxy) is 2. The van der Waals surface area contributed by atoms with E-state index >= 15 is 0 Å². The highest BCUT2D eigenvalue weighted by Crippen LogP contribution is 2.21. The molecule has 1 heterocycles. The Morgan fingerprint density at radius 1 is 1.59 bits per heavy atom. The van der Waals surface area contributed by atoms with Crippen molar-refractivity contribution in [2.45, 2.75) is 12.5 Å². The second-order valence-corrected chi connectivity index (χ2v) is 3.89. The summed E-state index contributed by atoms with van der Waals surface area (Å²) in [7, 11) is 1.27. The lowest BCUT2D eigenvalue weighted by atomic mass is 10.1. The SMILES string of the molecule is COC(=O)c1cc(F)ccc1NC1CCOC1. The zero-order valence-corrected chi connectivity index (χ0v) is 9.53. The molecule has 17 heavy (non-hydrogen) atoms. The number of esters is 1. The smallest absolute Gasteiger partial charge is 0.340 e. The summed E-state index contributed by atoms with van der Waals surface area (Å²) < 4.78 is 22.9. The van der Waals surface area contributed by atoms with E-state index in [1.54, 1.807) is 6.07 Å². The average molecular weight is 239 g/mol. The summed E-state index contributed by atoms with van der Waals surface area (Å²) in [6.45, 7) is 1.30. The van der Waals surface area contributed by atoms with Gasteiger partial charge in [-0.25, -0.2) is 9.18 Å². The molecule has 0 spiro atoms. The standard InChI is InChI=1S/C12H14FNO3/c1-16-12(15)10-6-8(13)2-3-11(10)14-9-4-5-17-7-9/h2-3,6,9,14H,4-5,7H2,1H3. The maximum Gasteiger partial charge on any atom is 0.340 e. The molecule has 0 saturated carbocycles. The van der Waals surface area contributed by atoms with E-state index < -0.39 is 11.8 Å². The van der Waals surface area contributed by atoms with Gasteiger partial charge in [0, 0.05) is 12.3 Å². The monoisotopic (exact) mass is 239 g/mol. The second kappa shape index (κ2) is 5.14. The molecule has 1 saturated heterocycles. The van der Waals surface area contributed by atoms with Crippen molar-refractivity contribution in [2.24, 2.45) is 0 Å². The normalized spacial score (nSPS) is 19.1. The fraction of sp³-hybridized carbons (Fsp3) is 0.417. The maximum atomic E-state index is 13.1. The Morgan fingerprint density at radius 3 is 3.06 bits per heavy atom. The van der Waals surface area contributed by atoms with E-state index in [-0.39, 0.29) is 11.6 Å². The first-order valence-corrected chi connectivity index (χ1v) is 5.43. The number of anilines is 1. The summed E-state index contributed by atoms with van der Waals surface area (Å²) in [5.74, 6) is -1.01. The van der Waals surface area contributed by atoms with Crippen molar-refractivity contribution < 1.29 is 18.7 Å². The van der Waals surface area contributed by atoms with E-state index in [0.29, 0.717) is 18.9 Å². The van der Waals surface area contributed by atoms with Crippen molar-refractivity contribution >= 4 is 11.7 Å². The summed E-state index contributed by atoms with van der Waals surface area (Å²) in [5.41, 5.74) is 0.785. The van der Waals surface area contributed by atoms with Gasteiger partial charge in [0.15, 0.2) is 0 Å². The van der Waals surface area contributed by atoms with Crippen LogP contribution in [0.1, 0.15) is 16.8 Å². The number of carbonyl (C=O) groups is 1. The van der Waals surface area contributed by atoms with Crippen molar-refractivity contribution in [1.82, 2.24) is 0 Å². The Hall–Kier alpha value is -1.62. The highest BCUT2D eigenvalue weighted by Gasteiger charge is 2.19. The molecule has 1 aliphatic rings. The van der Waals surface area contributed by atoms with Gasteiger partial charge < -0.3 is 14.8 Å². The molecule has 1 fully saturated rings. The van der Waals surface area contributed by atoms with Crippen LogP contribution in [0.2, 0.25) is 0 Å². The van der Waals surface area contributed by atoms with Crippen LogP contribution in [0.25, 0.3) is 0 Å². The van der Waals surface area contributed by atoms with Gasteiger partial charge in [0.05, 0.1) is 25.3 Å². The quantitative estimate of drug-likeness (QED) is 0.817. The Morgan fingerprint density at radius 2 is 2.41 bits per heavy atom. The van der Waals surface area contributed by atoms with Crippen molar-refractivity contribution in [3.8, 4) is 0 Å². The number of nitrogens with one attached hydrogen (secondary N) is 1. The Bertz CT molecular complexity index is 416. The molecule has 0 radical (unpaired) electrons. The highest BCUT2D eigenvalue weighted by atomic mass is 19.1. The van der Waals surface area contributed by atoms with Gasteiger partial charge in [0.1, 0.15) is 5.82 Å². The molecule has 1 atom stereocenters. The number of halogens is 1. The van der Waals surface area contributed by atoms with Gasteiger partial charge in [-0.15, -0.1) is 0 Å². The third-order valence-electron chi connectivity index (χ3n) is 2.68. The summed E-state index contributed by atoms with van der Waals surface area (Å²) in [6, 6.07) is 4.18. The number of methoxy groups -OCH3 is 1. The molecule has 0 aliphatic carbocycles. The zero-order valence-electron chi connectivity index (χ0n) is 9.53. The van der Waals surface area contributed by atoms with Crippen LogP contribution >= 0.6 is 0 Å². The molecule has 92 valence electrons. The third kappa shape index (κ3) is 2.74. The molecule has 0 aromatic heterocycles. The summed E-state index contributed by atoms with van der Waals surface area (Å²) in [6.07, 6.45) is 0.873. The first kappa shape index (κ1) is 11.9. The van der Waals surface area contributed by atoms with Gasteiger partial charge in [-0.1, -0.05) is 0 Å². The average Bonchev–Trinajstić information content (AvgIpc) is 2.83. The van der Waals surface area contributed by atoms with Gasteiger partial charge in [-0.05, 0) is 24.6 Å². The van der Waals surface area contributed by atoms with Gasteiger partial charge in [-0.2, -0.15) is 0 Å². The molecule has 1 N–H and O–H groups in total. The number of rotatable bonds is 3. The lowest BCUT2D eigenvalue weighted by Gasteiger charge is -2.15. The zero-order chi connectivity index (χ0) is 12.3. The van der Waals surface area contributed by atoms with Crippen molar-refractivity contribution in [3.63, 3.8) is 0 Å². The van der Waals surface area contributed by atoms with Gasteiger partial charge in [0.2, 0.25) is 0 Å². The van der Waals surface area contributed by atoms with Crippen LogP contribution in [0, 0.1) is 5.82 Å². The molecular formula is C12H14FNO3. The molecule has 0 amide bonds. The highest BCUT2D eigenvalue weighted by molar-refractivity contribution is 5.95. The van der Waals surface area contributed by atoms with Gasteiger partial charge in [0.25, 0.3) is 0 Å². The fourth-order valence-corrected chi connectivity index (χ4v) is 1.79. The molecule has 2 rings (SSSR count). The van der Waals surface area contributed by atoms with Gasteiger partial charge in [-0.3, -0.25) is 0 Å². The van der Waals surface area contributed by atoms with Crippen LogP contribution in [0.15, 0.2) is 18.2 Å². The van der Waals surface area contributed by atoms with Crippen LogP contribution in [-0.4, -0.2) is 32.3 Å². The predicted molar refractivity (Wildman–Crippen MR) is 60.6 cm³/mol. The van der Waals surface area contributed by atoms with Crippen molar-refractivity contribution in [1.29, 1.82) is 0 Å².